The number of benzene rings is 1. The highest BCUT2D eigenvalue weighted by Gasteiger charge is 2.15. The van der Waals surface area contributed by atoms with Gasteiger partial charge in [-0.2, -0.15) is 0 Å². The first kappa shape index (κ1) is 18.0. The third-order valence-electron chi connectivity index (χ3n) is 3.24. The number of hydrogen-bond acceptors (Lipinski definition) is 6. The number of carbonyl (C=O) groups excluding carboxylic acids is 2. The molecule has 0 atom stereocenters. The van der Waals surface area contributed by atoms with Gasteiger partial charge in [-0.25, -0.2) is 0 Å². The molecule has 0 aliphatic carbocycles. The topological polar surface area (TPSA) is 77.3 Å². The maximum absolute atomic E-state index is 11.7. The largest absolute Gasteiger partial charge is 0.455 e. The van der Waals surface area contributed by atoms with Crippen LogP contribution in [0.25, 0.3) is 11.4 Å². The minimum atomic E-state index is -0.456. The summed E-state index contributed by atoms with van der Waals surface area (Å²) in [7, 11) is 3.22. The molecule has 0 bridgehead atoms. The fourth-order valence-corrected chi connectivity index (χ4v) is 2.72. The summed E-state index contributed by atoms with van der Waals surface area (Å²) in [4.78, 5) is 24.5. The Balaban J connectivity index is 1.97. The molecule has 0 N–H and O–H groups in total. The smallest absolute Gasteiger partial charge is 0.316 e. The van der Waals surface area contributed by atoms with Gasteiger partial charge in [0, 0.05) is 26.2 Å². The summed E-state index contributed by atoms with van der Waals surface area (Å²) in [6.07, 6.45) is 0. The van der Waals surface area contributed by atoms with E-state index in [0.29, 0.717) is 11.7 Å². The predicted octanol–water partition coefficient (Wildman–Crippen LogP) is 1.69. The number of rotatable bonds is 7. The normalized spacial score (nSPS) is 10.5. The molecule has 0 saturated carbocycles. The molecule has 2 aromatic rings. The first-order valence-corrected chi connectivity index (χ1v) is 8.48. The second-order valence-corrected chi connectivity index (χ2v) is 6.10. The maximum atomic E-state index is 11.7. The van der Waals surface area contributed by atoms with E-state index < -0.39 is 5.97 Å². The Bertz CT molecular complexity index is 701. The third kappa shape index (κ3) is 4.58. The lowest BCUT2D eigenvalue weighted by Gasteiger charge is -2.10. The number of nitrogens with zero attached hydrogens (tertiary/aromatic N) is 4. The Morgan fingerprint density at radius 2 is 1.92 bits per heavy atom. The van der Waals surface area contributed by atoms with E-state index in [9.17, 15) is 9.59 Å². The lowest BCUT2D eigenvalue weighted by atomic mass is 10.2. The van der Waals surface area contributed by atoms with Gasteiger partial charge in [-0.15, -0.1) is 10.2 Å². The van der Waals surface area contributed by atoms with Gasteiger partial charge < -0.3 is 14.2 Å². The van der Waals surface area contributed by atoms with Crippen molar-refractivity contribution in [3.8, 4) is 11.4 Å². The Hall–Kier alpha value is -2.35. The third-order valence-corrected chi connectivity index (χ3v) is 4.18. The first-order chi connectivity index (χ1) is 11.5. The Labute approximate surface area is 145 Å². The zero-order valence-corrected chi connectivity index (χ0v) is 14.7. The van der Waals surface area contributed by atoms with Crippen molar-refractivity contribution in [2.75, 3.05) is 26.5 Å². The van der Waals surface area contributed by atoms with Crippen LogP contribution in [0.5, 0.6) is 0 Å². The van der Waals surface area contributed by atoms with Crippen molar-refractivity contribution in [2.45, 2.75) is 18.6 Å². The van der Waals surface area contributed by atoms with Gasteiger partial charge in [0.05, 0.1) is 5.75 Å². The van der Waals surface area contributed by atoms with Crippen LogP contribution in [-0.2, 0) is 20.9 Å². The van der Waals surface area contributed by atoms with Gasteiger partial charge in [-0.1, -0.05) is 42.1 Å². The summed E-state index contributed by atoms with van der Waals surface area (Å²) in [5.41, 5.74) is 0.970. The lowest BCUT2D eigenvalue weighted by molar-refractivity contribution is -0.148. The molecule has 24 heavy (non-hydrogen) atoms. The molecule has 0 spiro atoms. The average Bonchev–Trinajstić information content (AvgIpc) is 3.01. The molecule has 0 saturated heterocycles. The SMILES string of the molecule is CCn1c(SCC(=O)OCC(=O)N(C)C)nnc1-c1ccccc1. The highest BCUT2D eigenvalue weighted by molar-refractivity contribution is 7.99. The number of amides is 1. The summed E-state index contributed by atoms with van der Waals surface area (Å²) in [5, 5.41) is 9.01. The number of aromatic nitrogens is 3. The highest BCUT2D eigenvalue weighted by Crippen LogP contribution is 2.23. The monoisotopic (exact) mass is 348 g/mol. The van der Waals surface area contributed by atoms with Crippen molar-refractivity contribution >= 4 is 23.6 Å². The minimum Gasteiger partial charge on any atom is -0.455 e. The quantitative estimate of drug-likeness (QED) is 0.560. The summed E-state index contributed by atoms with van der Waals surface area (Å²) in [6.45, 7) is 2.43. The second kappa shape index (κ2) is 8.49. The Morgan fingerprint density at radius 1 is 1.21 bits per heavy atom. The van der Waals surface area contributed by atoms with E-state index in [4.69, 9.17) is 4.74 Å². The van der Waals surface area contributed by atoms with Crippen LogP contribution in [0.15, 0.2) is 35.5 Å². The molecule has 0 fully saturated rings. The van der Waals surface area contributed by atoms with Gasteiger partial charge >= 0.3 is 5.97 Å². The van der Waals surface area contributed by atoms with Crippen molar-refractivity contribution in [3.63, 3.8) is 0 Å². The van der Waals surface area contributed by atoms with Crippen LogP contribution in [0, 0.1) is 0 Å². The number of esters is 1. The van der Waals surface area contributed by atoms with Crippen LogP contribution in [0.1, 0.15) is 6.92 Å². The summed E-state index contributed by atoms with van der Waals surface area (Å²) < 4.78 is 6.89. The molecular formula is C16H20N4O3S. The zero-order valence-electron chi connectivity index (χ0n) is 13.9. The van der Waals surface area contributed by atoms with E-state index >= 15 is 0 Å². The van der Waals surface area contributed by atoms with E-state index in [1.165, 1.54) is 16.7 Å². The number of hydrogen-bond donors (Lipinski definition) is 0. The molecule has 8 heteroatoms. The Morgan fingerprint density at radius 3 is 2.54 bits per heavy atom. The molecular weight excluding hydrogens is 328 g/mol. The van der Waals surface area contributed by atoms with Crippen molar-refractivity contribution in [3.05, 3.63) is 30.3 Å². The predicted molar refractivity (Wildman–Crippen MR) is 91.5 cm³/mol. The molecule has 1 heterocycles. The van der Waals surface area contributed by atoms with Crippen LogP contribution in [0.2, 0.25) is 0 Å². The zero-order chi connectivity index (χ0) is 17.5. The van der Waals surface area contributed by atoms with E-state index in [2.05, 4.69) is 10.2 Å². The minimum absolute atomic E-state index is 0.0770. The van der Waals surface area contributed by atoms with Crippen LogP contribution in [0.3, 0.4) is 0 Å². The lowest BCUT2D eigenvalue weighted by Crippen LogP contribution is -2.28. The highest BCUT2D eigenvalue weighted by atomic mass is 32.2. The molecule has 0 aliphatic heterocycles. The summed E-state index contributed by atoms with van der Waals surface area (Å²) in [5.74, 6) is 0.128. The second-order valence-electron chi connectivity index (χ2n) is 5.15. The molecule has 128 valence electrons. The van der Waals surface area contributed by atoms with E-state index in [1.807, 2.05) is 41.8 Å². The molecule has 0 radical (unpaired) electrons. The standard InChI is InChI=1S/C16H20N4O3S/c1-4-20-15(12-8-6-5-7-9-12)17-18-16(20)24-11-14(22)23-10-13(21)19(2)3/h5-9H,4,10-11H2,1-3H3. The molecule has 7 nitrogen and oxygen atoms in total. The van der Waals surface area contributed by atoms with Gasteiger partial charge in [0.1, 0.15) is 0 Å². The van der Waals surface area contributed by atoms with Crippen LogP contribution >= 0.6 is 11.8 Å². The molecule has 1 aromatic heterocycles. The van der Waals surface area contributed by atoms with Gasteiger partial charge in [-0.3, -0.25) is 9.59 Å². The fraction of sp³-hybridized carbons (Fsp3) is 0.375. The van der Waals surface area contributed by atoms with Crippen molar-refractivity contribution in [1.29, 1.82) is 0 Å². The fourth-order valence-electron chi connectivity index (χ4n) is 1.92. The van der Waals surface area contributed by atoms with Crippen LogP contribution < -0.4 is 0 Å². The van der Waals surface area contributed by atoms with E-state index in [-0.39, 0.29) is 18.3 Å². The Kier molecular flexibility index (Phi) is 6.36. The van der Waals surface area contributed by atoms with Crippen molar-refractivity contribution in [2.24, 2.45) is 0 Å². The maximum Gasteiger partial charge on any atom is 0.316 e. The van der Waals surface area contributed by atoms with E-state index in [1.54, 1.807) is 14.1 Å². The molecule has 0 aliphatic rings. The van der Waals surface area contributed by atoms with Gasteiger partial charge in [0.2, 0.25) is 0 Å². The van der Waals surface area contributed by atoms with Gasteiger partial charge in [-0.05, 0) is 6.92 Å². The number of carbonyl (C=O) groups is 2. The number of ether oxygens (including phenoxy) is 1. The van der Waals surface area contributed by atoms with Gasteiger partial charge in [0.25, 0.3) is 5.91 Å². The van der Waals surface area contributed by atoms with Crippen molar-refractivity contribution in [1.82, 2.24) is 19.7 Å². The van der Waals surface area contributed by atoms with Crippen molar-refractivity contribution < 1.29 is 14.3 Å². The van der Waals surface area contributed by atoms with Gasteiger partial charge in [0.15, 0.2) is 17.6 Å². The number of likely N-dealkylation sites (N-methyl/N-ethyl adjacent to an activating group) is 1. The summed E-state index contributed by atoms with van der Waals surface area (Å²) >= 11 is 1.25. The van der Waals surface area contributed by atoms with Crippen LogP contribution in [-0.4, -0.2) is 58.0 Å². The molecule has 2 rings (SSSR count). The summed E-state index contributed by atoms with van der Waals surface area (Å²) in [6, 6.07) is 9.75. The van der Waals surface area contributed by atoms with Crippen LogP contribution in [0.4, 0.5) is 0 Å². The average molecular weight is 348 g/mol. The molecule has 1 aromatic carbocycles. The van der Waals surface area contributed by atoms with E-state index in [0.717, 1.165) is 11.4 Å². The first-order valence-electron chi connectivity index (χ1n) is 7.50. The molecule has 0 unspecified atom stereocenters. The number of thioether (sulfide) groups is 1. The molecule has 1 amide bonds.